The Balaban J connectivity index is 1.50. The van der Waals surface area contributed by atoms with Crippen LogP contribution in [0.3, 0.4) is 0 Å². The summed E-state index contributed by atoms with van der Waals surface area (Å²) in [6, 6.07) is 6.46. The van der Waals surface area contributed by atoms with Crippen molar-refractivity contribution in [2.45, 2.75) is 43.1 Å². The Bertz CT molecular complexity index is 539. The van der Waals surface area contributed by atoms with Crippen LogP contribution in [-0.2, 0) is 5.41 Å². The minimum absolute atomic E-state index is 0.207. The van der Waals surface area contributed by atoms with Gasteiger partial charge in [-0.05, 0) is 43.7 Å². The smallest absolute Gasteiger partial charge is 0.314 e. The van der Waals surface area contributed by atoms with E-state index in [1.165, 1.54) is 6.07 Å². The number of urea groups is 1. The maximum atomic E-state index is 13.8. The van der Waals surface area contributed by atoms with E-state index in [2.05, 4.69) is 10.6 Å². The molecule has 0 saturated heterocycles. The monoisotopic (exact) mass is 292 g/mol. The molecule has 0 aromatic heterocycles. The molecule has 0 radical (unpaired) electrons. The van der Waals surface area contributed by atoms with Gasteiger partial charge in [-0.2, -0.15) is 0 Å². The minimum atomic E-state index is -0.722. The van der Waals surface area contributed by atoms with E-state index in [-0.39, 0.29) is 23.8 Å². The van der Waals surface area contributed by atoms with Crippen molar-refractivity contribution in [2.24, 2.45) is 0 Å². The summed E-state index contributed by atoms with van der Waals surface area (Å²) in [6.45, 7) is 0.712. The number of rotatable bonds is 5. The van der Waals surface area contributed by atoms with Crippen molar-refractivity contribution in [1.82, 2.24) is 10.6 Å². The van der Waals surface area contributed by atoms with Gasteiger partial charge in [-0.25, -0.2) is 9.18 Å². The lowest BCUT2D eigenvalue weighted by atomic mass is 9.80. The van der Waals surface area contributed by atoms with Crippen LogP contribution >= 0.6 is 0 Å². The van der Waals surface area contributed by atoms with Crippen molar-refractivity contribution in [3.05, 3.63) is 35.6 Å². The first-order valence-electron chi connectivity index (χ1n) is 7.52. The van der Waals surface area contributed by atoms with Crippen LogP contribution in [0.25, 0.3) is 0 Å². The van der Waals surface area contributed by atoms with Crippen LogP contribution in [0.5, 0.6) is 0 Å². The number of hydrogen-bond donors (Lipinski definition) is 3. The molecule has 1 aromatic rings. The van der Waals surface area contributed by atoms with Gasteiger partial charge in [0.05, 0.1) is 5.60 Å². The SMILES string of the molecule is O=C(NCC1(O)CCC1)NCC1(c2ccccc2F)CC1. The summed E-state index contributed by atoms with van der Waals surface area (Å²) in [6.07, 6.45) is 4.27. The predicted octanol–water partition coefficient (Wildman–Crippen LogP) is 2.07. The molecule has 0 spiro atoms. The van der Waals surface area contributed by atoms with Crippen molar-refractivity contribution in [3.8, 4) is 0 Å². The molecule has 3 N–H and O–H groups in total. The molecular formula is C16H21FN2O2. The molecule has 0 bridgehead atoms. The molecule has 2 amide bonds. The Morgan fingerprint density at radius 1 is 1.14 bits per heavy atom. The molecule has 3 rings (SSSR count). The van der Waals surface area contributed by atoms with Gasteiger partial charge in [-0.3, -0.25) is 0 Å². The summed E-state index contributed by atoms with van der Waals surface area (Å²) < 4.78 is 13.8. The Morgan fingerprint density at radius 2 is 1.81 bits per heavy atom. The van der Waals surface area contributed by atoms with Gasteiger partial charge in [0.15, 0.2) is 0 Å². The summed E-state index contributed by atoms with van der Waals surface area (Å²) in [7, 11) is 0. The zero-order valence-corrected chi connectivity index (χ0v) is 12.0. The van der Waals surface area contributed by atoms with Gasteiger partial charge in [0.2, 0.25) is 0 Å². The fraction of sp³-hybridized carbons (Fsp3) is 0.562. The van der Waals surface area contributed by atoms with E-state index in [1.807, 2.05) is 6.07 Å². The van der Waals surface area contributed by atoms with Gasteiger partial charge in [0.1, 0.15) is 5.82 Å². The van der Waals surface area contributed by atoms with E-state index in [4.69, 9.17) is 0 Å². The first kappa shape index (κ1) is 14.3. The summed E-state index contributed by atoms with van der Waals surface area (Å²) in [4.78, 5) is 11.8. The Kier molecular flexibility index (Phi) is 3.61. The maximum absolute atomic E-state index is 13.8. The van der Waals surface area contributed by atoms with Gasteiger partial charge in [-0.15, -0.1) is 0 Å². The number of hydrogen-bond acceptors (Lipinski definition) is 2. The molecule has 5 heteroatoms. The molecule has 21 heavy (non-hydrogen) atoms. The summed E-state index contributed by atoms with van der Waals surface area (Å²) in [5.74, 6) is -0.207. The van der Waals surface area contributed by atoms with E-state index in [1.54, 1.807) is 12.1 Å². The molecule has 2 aliphatic carbocycles. The van der Waals surface area contributed by atoms with Crippen molar-refractivity contribution in [1.29, 1.82) is 0 Å². The topological polar surface area (TPSA) is 61.4 Å². The Morgan fingerprint density at radius 3 is 2.38 bits per heavy atom. The maximum Gasteiger partial charge on any atom is 0.314 e. The highest BCUT2D eigenvalue weighted by atomic mass is 19.1. The van der Waals surface area contributed by atoms with Crippen LogP contribution in [0.15, 0.2) is 24.3 Å². The number of nitrogens with one attached hydrogen (secondary N) is 2. The largest absolute Gasteiger partial charge is 0.388 e. The van der Waals surface area contributed by atoms with Crippen LogP contribution in [0.1, 0.15) is 37.7 Å². The molecule has 0 aliphatic heterocycles. The number of halogens is 1. The third kappa shape index (κ3) is 3.02. The third-order valence-electron chi connectivity index (χ3n) is 4.75. The van der Waals surface area contributed by atoms with Gasteiger partial charge in [0.25, 0.3) is 0 Å². The van der Waals surface area contributed by atoms with Crippen molar-refractivity contribution >= 4 is 6.03 Å². The first-order chi connectivity index (χ1) is 10.0. The highest BCUT2D eigenvalue weighted by Crippen LogP contribution is 2.48. The molecule has 1 aromatic carbocycles. The number of carbonyl (C=O) groups is 1. The van der Waals surface area contributed by atoms with Crippen LogP contribution in [0, 0.1) is 5.82 Å². The molecule has 2 aliphatic rings. The molecule has 2 fully saturated rings. The molecule has 0 atom stereocenters. The van der Waals surface area contributed by atoms with Crippen molar-refractivity contribution in [2.75, 3.05) is 13.1 Å². The first-order valence-corrected chi connectivity index (χ1v) is 7.52. The van der Waals surface area contributed by atoms with Gasteiger partial charge >= 0.3 is 6.03 Å². The van der Waals surface area contributed by atoms with E-state index in [0.29, 0.717) is 12.1 Å². The zero-order chi connectivity index (χ0) is 14.9. The Labute approximate surface area is 123 Å². The second-order valence-corrected chi connectivity index (χ2v) is 6.37. The molecule has 0 unspecified atom stereocenters. The van der Waals surface area contributed by atoms with Crippen molar-refractivity contribution in [3.63, 3.8) is 0 Å². The highest BCUT2D eigenvalue weighted by molar-refractivity contribution is 5.74. The van der Waals surface area contributed by atoms with Crippen LogP contribution < -0.4 is 10.6 Å². The fourth-order valence-corrected chi connectivity index (χ4v) is 2.90. The van der Waals surface area contributed by atoms with E-state index < -0.39 is 5.60 Å². The quantitative estimate of drug-likeness (QED) is 0.778. The van der Waals surface area contributed by atoms with E-state index in [9.17, 15) is 14.3 Å². The summed E-state index contributed by atoms with van der Waals surface area (Å²) in [5.41, 5.74) is -0.293. The normalized spacial score (nSPS) is 21.2. The second kappa shape index (κ2) is 5.30. The van der Waals surface area contributed by atoms with Crippen LogP contribution in [0.2, 0.25) is 0 Å². The summed E-state index contributed by atoms with van der Waals surface area (Å²) in [5, 5.41) is 15.4. The van der Waals surface area contributed by atoms with E-state index in [0.717, 1.165) is 32.1 Å². The Hall–Kier alpha value is -1.62. The van der Waals surface area contributed by atoms with Crippen LogP contribution in [-0.4, -0.2) is 29.8 Å². The average molecular weight is 292 g/mol. The van der Waals surface area contributed by atoms with Gasteiger partial charge in [0, 0.05) is 18.5 Å². The van der Waals surface area contributed by atoms with E-state index >= 15 is 0 Å². The third-order valence-corrected chi connectivity index (χ3v) is 4.75. The average Bonchev–Trinajstić information content (AvgIpc) is 3.22. The number of benzene rings is 1. The fourth-order valence-electron chi connectivity index (χ4n) is 2.90. The molecule has 0 heterocycles. The zero-order valence-electron chi connectivity index (χ0n) is 12.0. The molecule has 2 saturated carbocycles. The predicted molar refractivity (Wildman–Crippen MR) is 77.5 cm³/mol. The molecule has 4 nitrogen and oxygen atoms in total. The number of aliphatic hydroxyl groups is 1. The van der Waals surface area contributed by atoms with Gasteiger partial charge < -0.3 is 15.7 Å². The molecule has 114 valence electrons. The van der Waals surface area contributed by atoms with Crippen molar-refractivity contribution < 1.29 is 14.3 Å². The number of amides is 2. The standard InChI is InChI=1S/C16H21FN2O2/c17-13-5-2-1-4-12(13)15(8-9-15)10-18-14(20)19-11-16(21)6-3-7-16/h1-2,4-5,21H,3,6-11H2,(H2,18,19,20). The van der Waals surface area contributed by atoms with Crippen LogP contribution in [0.4, 0.5) is 9.18 Å². The highest BCUT2D eigenvalue weighted by Gasteiger charge is 2.46. The minimum Gasteiger partial charge on any atom is -0.388 e. The summed E-state index contributed by atoms with van der Waals surface area (Å²) >= 11 is 0. The van der Waals surface area contributed by atoms with Gasteiger partial charge in [-0.1, -0.05) is 18.2 Å². The lowest BCUT2D eigenvalue weighted by Gasteiger charge is -2.36. The number of carbonyl (C=O) groups excluding carboxylic acids is 1. The molecular weight excluding hydrogens is 271 g/mol. The second-order valence-electron chi connectivity index (χ2n) is 6.37. The lowest BCUT2D eigenvalue weighted by Crippen LogP contribution is -2.50. The lowest BCUT2D eigenvalue weighted by molar-refractivity contribution is -0.0290.